The van der Waals surface area contributed by atoms with Crippen molar-refractivity contribution in [3.63, 3.8) is 0 Å². The van der Waals surface area contributed by atoms with E-state index in [1.165, 1.54) is 12.1 Å². The molecule has 0 aliphatic rings. The molecule has 10 heteroatoms. The molecule has 0 amide bonds. The molecule has 170 valence electrons. The van der Waals surface area contributed by atoms with Gasteiger partial charge >= 0.3 is 6.18 Å². The lowest BCUT2D eigenvalue weighted by Crippen LogP contribution is -2.05. The van der Waals surface area contributed by atoms with E-state index in [4.69, 9.17) is 11.6 Å². The van der Waals surface area contributed by atoms with Gasteiger partial charge < -0.3 is 0 Å². The highest BCUT2D eigenvalue weighted by molar-refractivity contribution is 6.30. The molecule has 2 heterocycles. The molecular formula is C24H16ClF3N6. The van der Waals surface area contributed by atoms with Gasteiger partial charge in [0.05, 0.1) is 34.4 Å². The minimum atomic E-state index is -4.44. The lowest BCUT2D eigenvalue weighted by atomic mass is 10.0. The number of nitrogens with zero attached hydrogens (tertiary/aromatic N) is 6. The van der Waals surface area contributed by atoms with Crippen LogP contribution in [0, 0.1) is 6.92 Å². The monoisotopic (exact) mass is 480 g/mol. The van der Waals surface area contributed by atoms with Gasteiger partial charge in [0.1, 0.15) is 0 Å². The predicted molar refractivity (Wildman–Crippen MR) is 122 cm³/mol. The van der Waals surface area contributed by atoms with E-state index in [0.29, 0.717) is 33.4 Å². The Morgan fingerprint density at radius 3 is 2.26 bits per heavy atom. The van der Waals surface area contributed by atoms with E-state index in [1.807, 2.05) is 31.2 Å². The van der Waals surface area contributed by atoms with Crippen molar-refractivity contribution < 1.29 is 13.2 Å². The first kappa shape index (κ1) is 21.8. The molecule has 0 N–H and O–H groups in total. The van der Waals surface area contributed by atoms with E-state index in [-0.39, 0.29) is 0 Å². The topological polar surface area (TPSA) is 61.4 Å². The van der Waals surface area contributed by atoms with Crippen LogP contribution >= 0.6 is 11.6 Å². The fraction of sp³-hybridized carbons (Fsp3) is 0.0833. The smallest absolute Gasteiger partial charge is 0.232 e. The second-order valence-electron chi connectivity index (χ2n) is 7.62. The van der Waals surface area contributed by atoms with Gasteiger partial charge in [-0.3, -0.25) is 0 Å². The Kier molecular flexibility index (Phi) is 5.41. The SMILES string of the molecule is Cc1ccc(-n2nnnc2-c2cnn(-c3cccc(Cl)c3)c2-c2ccc(C(F)(F)F)cc2)cc1. The standard InChI is InChI=1S/C24H16ClF3N6/c1-15-5-11-19(12-6-15)34-23(30-31-32-34)21-14-29-33(20-4-2-3-18(25)13-20)22(21)16-7-9-17(10-8-16)24(26,27)28/h2-14H,1H3. The summed E-state index contributed by atoms with van der Waals surface area (Å²) in [5.74, 6) is 0.395. The summed E-state index contributed by atoms with van der Waals surface area (Å²) in [4.78, 5) is 0. The van der Waals surface area contributed by atoms with Gasteiger partial charge in [0.2, 0.25) is 0 Å². The maximum Gasteiger partial charge on any atom is 0.416 e. The van der Waals surface area contributed by atoms with Gasteiger partial charge in [-0.25, -0.2) is 4.68 Å². The van der Waals surface area contributed by atoms with Crippen molar-refractivity contribution in [2.45, 2.75) is 13.1 Å². The fourth-order valence-electron chi connectivity index (χ4n) is 3.63. The van der Waals surface area contributed by atoms with Crippen LogP contribution in [-0.2, 0) is 6.18 Å². The van der Waals surface area contributed by atoms with Gasteiger partial charge in [-0.2, -0.15) is 23.0 Å². The summed E-state index contributed by atoms with van der Waals surface area (Å²) >= 11 is 6.19. The third kappa shape index (κ3) is 4.06. The van der Waals surface area contributed by atoms with E-state index in [2.05, 4.69) is 20.6 Å². The normalized spacial score (nSPS) is 11.7. The van der Waals surface area contributed by atoms with Crippen molar-refractivity contribution in [3.8, 4) is 34.0 Å². The second-order valence-corrected chi connectivity index (χ2v) is 8.06. The highest BCUT2D eigenvalue weighted by atomic mass is 35.5. The van der Waals surface area contributed by atoms with E-state index < -0.39 is 11.7 Å². The van der Waals surface area contributed by atoms with Crippen LogP contribution < -0.4 is 0 Å². The molecule has 0 saturated carbocycles. The van der Waals surface area contributed by atoms with Gasteiger partial charge in [-0.15, -0.1) is 5.10 Å². The molecule has 0 atom stereocenters. The Bertz CT molecular complexity index is 1450. The Balaban J connectivity index is 1.71. The summed E-state index contributed by atoms with van der Waals surface area (Å²) in [5, 5.41) is 17.1. The van der Waals surface area contributed by atoms with Crippen LogP contribution in [0.2, 0.25) is 5.02 Å². The first-order chi connectivity index (χ1) is 16.3. The number of hydrogen-bond acceptors (Lipinski definition) is 4. The average Bonchev–Trinajstić information content (AvgIpc) is 3.46. The number of hydrogen-bond donors (Lipinski definition) is 0. The zero-order valence-electron chi connectivity index (χ0n) is 17.7. The summed E-state index contributed by atoms with van der Waals surface area (Å²) in [6, 6.07) is 19.6. The van der Waals surface area contributed by atoms with E-state index in [0.717, 1.165) is 23.4 Å². The molecule has 0 aliphatic heterocycles. The molecule has 0 fully saturated rings. The summed E-state index contributed by atoms with van der Waals surface area (Å²) in [7, 11) is 0. The summed E-state index contributed by atoms with van der Waals surface area (Å²) < 4.78 is 42.7. The van der Waals surface area contributed by atoms with Crippen LogP contribution in [0.4, 0.5) is 13.2 Å². The molecule has 0 spiro atoms. The molecule has 5 aromatic rings. The van der Waals surface area contributed by atoms with Crippen molar-refractivity contribution in [2.24, 2.45) is 0 Å². The molecule has 0 bridgehead atoms. The highest BCUT2D eigenvalue weighted by Gasteiger charge is 2.30. The van der Waals surface area contributed by atoms with Crippen molar-refractivity contribution in [1.82, 2.24) is 30.0 Å². The molecular weight excluding hydrogens is 465 g/mol. The Morgan fingerprint density at radius 1 is 0.853 bits per heavy atom. The number of tetrazole rings is 1. The minimum Gasteiger partial charge on any atom is -0.232 e. The van der Waals surface area contributed by atoms with Gasteiger partial charge in [-0.1, -0.05) is 47.5 Å². The van der Waals surface area contributed by atoms with Crippen LogP contribution in [0.25, 0.3) is 34.0 Å². The van der Waals surface area contributed by atoms with Crippen molar-refractivity contribution in [3.05, 3.63) is 95.1 Å². The van der Waals surface area contributed by atoms with Crippen LogP contribution in [0.3, 0.4) is 0 Å². The van der Waals surface area contributed by atoms with Crippen molar-refractivity contribution >= 4 is 11.6 Å². The maximum absolute atomic E-state index is 13.2. The van der Waals surface area contributed by atoms with Gasteiger partial charge in [-0.05, 0) is 59.8 Å². The molecule has 0 unspecified atom stereocenters. The zero-order valence-corrected chi connectivity index (χ0v) is 18.5. The number of aryl methyl sites for hydroxylation is 1. The Morgan fingerprint density at radius 2 is 1.59 bits per heavy atom. The largest absolute Gasteiger partial charge is 0.416 e. The Labute approximate surface area is 197 Å². The number of rotatable bonds is 4. The van der Waals surface area contributed by atoms with Gasteiger partial charge in [0, 0.05) is 10.6 Å². The Hall–Kier alpha value is -3.98. The van der Waals surface area contributed by atoms with Crippen molar-refractivity contribution in [2.75, 3.05) is 0 Å². The zero-order chi connectivity index (χ0) is 23.9. The summed E-state index contributed by atoms with van der Waals surface area (Å²) in [6.07, 6.45) is -2.85. The molecule has 0 radical (unpaired) electrons. The fourth-order valence-corrected chi connectivity index (χ4v) is 3.81. The third-order valence-electron chi connectivity index (χ3n) is 5.30. The van der Waals surface area contributed by atoms with Crippen LogP contribution in [0.1, 0.15) is 11.1 Å². The number of aromatic nitrogens is 6. The van der Waals surface area contributed by atoms with E-state index in [9.17, 15) is 13.2 Å². The lowest BCUT2D eigenvalue weighted by molar-refractivity contribution is -0.137. The van der Waals surface area contributed by atoms with Crippen LogP contribution in [-0.4, -0.2) is 30.0 Å². The minimum absolute atomic E-state index is 0.395. The molecule has 0 aliphatic carbocycles. The molecule has 2 aromatic heterocycles. The average molecular weight is 481 g/mol. The lowest BCUT2D eigenvalue weighted by Gasteiger charge is -2.12. The summed E-state index contributed by atoms with van der Waals surface area (Å²) in [5.41, 5.74) is 3.31. The van der Waals surface area contributed by atoms with Crippen molar-refractivity contribution in [1.29, 1.82) is 0 Å². The molecule has 34 heavy (non-hydrogen) atoms. The predicted octanol–water partition coefficient (Wildman–Crippen LogP) is 6.16. The number of halogens is 4. The molecule has 0 saturated heterocycles. The number of benzene rings is 3. The first-order valence-corrected chi connectivity index (χ1v) is 10.6. The van der Waals surface area contributed by atoms with Crippen LogP contribution in [0.5, 0.6) is 0 Å². The number of alkyl halides is 3. The van der Waals surface area contributed by atoms with E-state index in [1.54, 1.807) is 39.8 Å². The molecule has 5 rings (SSSR count). The van der Waals surface area contributed by atoms with Gasteiger partial charge in [0.25, 0.3) is 0 Å². The first-order valence-electron chi connectivity index (χ1n) is 10.2. The third-order valence-corrected chi connectivity index (χ3v) is 5.53. The summed E-state index contributed by atoms with van der Waals surface area (Å²) in [6.45, 7) is 1.97. The maximum atomic E-state index is 13.2. The second kappa shape index (κ2) is 8.42. The highest BCUT2D eigenvalue weighted by Crippen LogP contribution is 2.36. The quantitative estimate of drug-likeness (QED) is 0.309. The van der Waals surface area contributed by atoms with Gasteiger partial charge in [0.15, 0.2) is 5.82 Å². The molecule has 6 nitrogen and oxygen atoms in total. The van der Waals surface area contributed by atoms with E-state index >= 15 is 0 Å². The van der Waals surface area contributed by atoms with Crippen LogP contribution in [0.15, 0.2) is 79.0 Å². The molecule has 3 aromatic carbocycles.